The Bertz CT molecular complexity index is 1280. The van der Waals surface area contributed by atoms with Crippen LogP contribution in [0.5, 0.6) is 0 Å². The summed E-state index contributed by atoms with van der Waals surface area (Å²) in [6, 6.07) is 7.53. The number of carbonyl (C=O) groups excluding carboxylic acids is 5. The molecule has 288 valence electrons. The molecule has 1 aromatic carbocycles. The second-order valence-electron chi connectivity index (χ2n) is 15.0. The van der Waals surface area contributed by atoms with Crippen LogP contribution in [0.4, 0.5) is 0 Å². The van der Waals surface area contributed by atoms with Crippen LogP contribution in [0.2, 0.25) is 0 Å². The fourth-order valence-electron chi connectivity index (χ4n) is 7.39. The van der Waals surface area contributed by atoms with Gasteiger partial charge in [-0.3, -0.25) is 28.9 Å². The lowest BCUT2D eigenvalue weighted by Crippen LogP contribution is -2.59. The summed E-state index contributed by atoms with van der Waals surface area (Å²) in [4.78, 5) is 72.7. The number of ether oxygens (including phenoxy) is 2. The Labute approximate surface area is 306 Å². The molecule has 51 heavy (non-hydrogen) atoms. The zero-order valence-electron chi connectivity index (χ0n) is 33.1. The molecule has 1 aliphatic rings. The zero-order chi connectivity index (χ0) is 38.6. The van der Waals surface area contributed by atoms with Crippen LogP contribution in [-0.2, 0) is 39.9 Å². The normalized spacial score (nSPS) is 19.0. The van der Waals surface area contributed by atoms with Gasteiger partial charge in [-0.1, -0.05) is 85.2 Å². The standard InChI is InChI=1S/C39H65N5O7/c1-13-26(6)35(43(10)39(49)33(24(2)3)41-38(48)34(25(4)5)42(8)9)31(50-11)22-32(46)44-23-29(45)21-30(44)36(51-12)27(7)37(47)40-20-19-28-17-15-14-16-18-28/h14-18,24-27,30-31,33-36H,13,19-23H2,1-12H3,(H,40,47)(H,41,48)/t26-,27+,30-,31+,33-,34-,35-,36+/m0/s1. The Morgan fingerprint density at radius 1 is 0.922 bits per heavy atom. The maximum Gasteiger partial charge on any atom is 0.245 e. The van der Waals surface area contributed by atoms with Crippen LogP contribution in [0.15, 0.2) is 30.3 Å². The van der Waals surface area contributed by atoms with Crippen molar-refractivity contribution in [2.24, 2.45) is 23.7 Å². The fourth-order valence-corrected chi connectivity index (χ4v) is 7.39. The average molecular weight is 716 g/mol. The van der Waals surface area contributed by atoms with Crippen LogP contribution in [0.25, 0.3) is 0 Å². The Kier molecular flexibility index (Phi) is 17.7. The molecule has 1 saturated heterocycles. The van der Waals surface area contributed by atoms with Gasteiger partial charge < -0.3 is 29.9 Å². The van der Waals surface area contributed by atoms with Crippen LogP contribution in [-0.4, -0.2) is 129 Å². The largest absolute Gasteiger partial charge is 0.379 e. The third kappa shape index (κ3) is 11.8. The van der Waals surface area contributed by atoms with E-state index < -0.39 is 42.3 Å². The fraction of sp³-hybridized carbons (Fsp3) is 0.718. The first-order chi connectivity index (χ1) is 24.0. The Morgan fingerprint density at radius 2 is 1.55 bits per heavy atom. The van der Waals surface area contributed by atoms with Gasteiger partial charge in [-0.15, -0.1) is 0 Å². The molecule has 0 aliphatic carbocycles. The molecule has 0 aromatic heterocycles. The number of hydrogen-bond donors (Lipinski definition) is 2. The predicted molar refractivity (Wildman–Crippen MR) is 199 cm³/mol. The van der Waals surface area contributed by atoms with Gasteiger partial charge in [-0.05, 0) is 43.8 Å². The van der Waals surface area contributed by atoms with E-state index in [1.54, 1.807) is 18.9 Å². The lowest BCUT2D eigenvalue weighted by Gasteiger charge is -2.41. The third-order valence-electron chi connectivity index (χ3n) is 10.4. The number of nitrogens with one attached hydrogen (secondary N) is 2. The van der Waals surface area contributed by atoms with Crippen molar-refractivity contribution in [2.45, 2.75) is 111 Å². The van der Waals surface area contributed by atoms with Crippen LogP contribution in [0.1, 0.15) is 73.3 Å². The van der Waals surface area contributed by atoms with E-state index in [0.717, 1.165) is 5.56 Å². The molecule has 1 fully saturated rings. The summed E-state index contributed by atoms with van der Waals surface area (Å²) in [5.74, 6) is -1.97. The minimum Gasteiger partial charge on any atom is -0.379 e. The summed E-state index contributed by atoms with van der Waals surface area (Å²) in [6.07, 6.45) is -0.0359. The molecule has 0 bridgehead atoms. The Balaban J connectivity index is 2.26. The van der Waals surface area contributed by atoms with Gasteiger partial charge in [-0.2, -0.15) is 0 Å². The molecule has 12 heteroatoms. The number of benzene rings is 1. The quantitative estimate of drug-likeness (QED) is 0.210. The van der Waals surface area contributed by atoms with Crippen LogP contribution < -0.4 is 10.6 Å². The van der Waals surface area contributed by atoms with E-state index in [1.807, 2.05) is 90.9 Å². The smallest absolute Gasteiger partial charge is 0.245 e. The van der Waals surface area contributed by atoms with Gasteiger partial charge in [-0.25, -0.2) is 0 Å². The number of nitrogens with zero attached hydrogens (tertiary/aromatic N) is 3. The topological polar surface area (TPSA) is 138 Å². The second-order valence-corrected chi connectivity index (χ2v) is 15.0. The highest BCUT2D eigenvalue weighted by Crippen LogP contribution is 2.28. The molecule has 0 spiro atoms. The van der Waals surface area contributed by atoms with E-state index in [-0.39, 0.29) is 66.6 Å². The molecule has 2 rings (SSSR count). The number of methoxy groups -OCH3 is 2. The summed E-state index contributed by atoms with van der Waals surface area (Å²) >= 11 is 0. The first-order valence-electron chi connectivity index (χ1n) is 18.4. The number of ketones is 1. The zero-order valence-corrected chi connectivity index (χ0v) is 33.1. The van der Waals surface area contributed by atoms with Crippen molar-refractivity contribution in [3.8, 4) is 0 Å². The van der Waals surface area contributed by atoms with E-state index in [9.17, 15) is 24.0 Å². The lowest BCUT2D eigenvalue weighted by molar-refractivity contribution is -0.148. The SMILES string of the molecule is CC[C@H](C)[C@@H]([C@@H](CC(=O)N1CC(=O)C[C@H]1[C@H](OC)[C@@H](C)C(=O)NCCc1ccccc1)OC)N(C)C(=O)[C@@H](NC(=O)[C@H](C(C)C)N(C)C)C(C)C. The minimum absolute atomic E-state index is 0.0356. The van der Waals surface area contributed by atoms with Crippen molar-refractivity contribution < 1.29 is 33.4 Å². The van der Waals surface area contributed by atoms with Gasteiger partial charge in [0.1, 0.15) is 6.04 Å². The maximum atomic E-state index is 14.2. The van der Waals surface area contributed by atoms with Gasteiger partial charge in [0.15, 0.2) is 5.78 Å². The second kappa shape index (κ2) is 20.6. The number of amides is 4. The first kappa shape index (κ1) is 43.8. The molecule has 2 N–H and O–H groups in total. The van der Waals surface area contributed by atoms with Crippen molar-refractivity contribution >= 4 is 29.4 Å². The summed E-state index contributed by atoms with van der Waals surface area (Å²) in [7, 11) is 8.40. The molecule has 1 aromatic rings. The molecule has 4 amide bonds. The molecule has 0 unspecified atom stereocenters. The Morgan fingerprint density at radius 3 is 2.06 bits per heavy atom. The van der Waals surface area contributed by atoms with Crippen molar-refractivity contribution in [1.29, 1.82) is 0 Å². The summed E-state index contributed by atoms with van der Waals surface area (Å²) in [6.45, 7) is 13.9. The first-order valence-corrected chi connectivity index (χ1v) is 18.4. The number of Topliss-reactive ketones (excluding diaryl/α,β-unsaturated/α-hetero) is 1. The van der Waals surface area contributed by atoms with Gasteiger partial charge in [0.25, 0.3) is 0 Å². The highest BCUT2D eigenvalue weighted by Gasteiger charge is 2.45. The molecule has 12 nitrogen and oxygen atoms in total. The van der Waals surface area contributed by atoms with E-state index >= 15 is 0 Å². The van der Waals surface area contributed by atoms with Crippen LogP contribution in [0, 0.1) is 23.7 Å². The molecule has 1 heterocycles. The Hall–Kier alpha value is -3.35. The summed E-state index contributed by atoms with van der Waals surface area (Å²) in [5.41, 5.74) is 1.11. The van der Waals surface area contributed by atoms with Crippen LogP contribution in [0.3, 0.4) is 0 Å². The van der Waals surface area contributed by atoms with E-state index in [2.05, 4.69) is 10.6 Å². The van der Waals surface area contributed by atoms with Gasteiger partial charge in [0.2, 0.25) is 23.6 Å². The molecule has 0 radical (unpaired) electrons. The van der Waals surface area contributed by atoms with Crippen LogP contribution >= 0.6 is 0 Å². The van der Waals surface area contributed by atoms with Crippen molar-refractivity contribution in [1.82, 2.24) is 25.3 Å². The number of likely N-dealkylation sites (tertiary alicyclic amines) is 1. The lowest BCUT2D eigenvalue weighted by atomic mass is 9.89. The summed E-state index contributed by atoms with van der Waals surface area (Å²) < 4.78 is 11.8. The van der Waals surface area contributed by atoms with Gasteiger partial charge in [0.05, 0.1) is 49.2 Å². The minimum atomic E-state index is -0.785. The number of likely N-dealkylation sites (N-methyl/N-ethyl adjacent to an activating group) is 2. The highest BCUT2D eigenvalue weighted by atomic mass is 16.5. The van der Waals surface area contributed by atoms with E-state index in [4.69, 9.17) is 9.47 Å². The van der Waals surface area contributed by atoms with Crippen molar-refractivity contribution in [3.05, 3.63) is 35.9 Å². The third-order valence-corrected chi connectivity index (χ3v) is 10.4. The monoisotopic (exact) mass is 715 g/mol. The van der Waals surface area contributed by atoms with Gasteiger partial charge in [0, 0.05) is 34.2 Å². The van der Waals surface area contributed by atoms with E-state index in [0.29, 0.717) is 19.4 Å². The number of carbonyl (C=O) groups is 5. The van der Waals surface area contributed by atoms with Gasteiger partial charge >= 0.3 is 0 Å². The molecule has 8 atom stereocenters. The number of hydrogen-bond acceptors (Lipinski definition) is 8. The van der Waals surface area contributed by atoms with Crippen molar-refractivity contribution in [2.75, 3.05) is 48.5 Å². The molecule has 1 aliphatic heterocycles. The average Bonchev–Trinajstić information content (AvgIpc) is 3.47. The van der Waals surface area contributed by atoms with Crippen molar-refractivity contribution in [3.63, 3.8) is 0 Å². The number of rotatable bonds is 20. The molecule has 0 saturated carbocycles. The predicted octanol–water partition coefficient (Wildman–Crippen LogP) is 3.17. The molecular weight excluding hydrogens is 650 g/mol. The van der Waals surface area contributed by atoms with E-state index in [1.165, 1.54) is 19.1 Å². The highest BCUT2D eigenvalue weighted by molar-refractivity contribution is 5.92. The molecular formula is C39H65N5O7. The summed E-state index contributed by atoms with van der Waals surface area (Å²) in [5, 5.41) is 5.99. The maximum absolute atomic E-state index is 14.2.